The molecule has 6 nitrogen and oxygen atoms in total. The van der Waals surface area contributed by atoms with E-state index in [4.69, 9.17) is 18.9 Å². The summed E-state index contributed by atoms with van der Waals surface area (Å²) in [5.74, 6) is 2.66. The number of carbonyl (C=O) groups is 1. The molecule has 1 aliphatic rings. The summed E-state index contributed by atoms with van der Waals surface area (Å²) >= 11 is 1.89. The minimum Gasteiger partial charge on any atom is -0.504 e. The Labute approximate surface area is 210 Å². The summed E-state index contributed by atoms with van der Waals surface area (Å²) in [6, 6.07) is 18.9. The van der Waals surface area contributed by atoms with E-state index in [9.17, 15) is 9.90 Å². The van der Waals surface area contributed by atoms with E-state index < -0.39 is 0 Å². The van der Waals surface area contributed by atoms with E-state index in [0.29, 0.717) is 17.2 Å². The highest BCUT2D eigenvalue weighted by molar-refractivity contribution is 7.99. The predicted molar refractivity (Wildman–Crippen MR) is 138 cm³/mol. The van der Waals surface area contributed by atoms with Crippen molar-refractivity contribution in [2.75, 3.05) is 32.3 Å². The third-order valence-electron chi connectivity index (χ3n) is 6.07. The molecule has 1 saturated heterocycles. The molecule has 1 aliphatic heterocycles. The lowest BCUT2D eigenvalue weighted by Crippen LogP contribution is -2.16. The molecule has 0 aliphatic carbocycles. The summed E-state index contributed by atoms with van der Waals surface area (Å²) in [7, 11) is 3.05. The van der Waals surface area contributed by atoms with Gasteiger partial charge in [-0.1, -0.05) is 43.3 Å². The molecule has 0 aromatic heterocycles. The van der Waals surface area contributed by atoms with Gasteiger partial charge in [0.1, 0.15) is 0 Å². The largest absolute Gasteiger partial charge is 0.504 e. The fourth-order valence-electron chi connectivity index (χ4n) is 4.18. The van der Waals surface area contributed by atoms with Crippen molar-refractivity contribution >= 4 is 17.7 Å². The van der Waals surface area contributed by atoms with Gasteiger partial charge in [-0.3, -0.25) is 4.79 Å². The van der Waals surface area contributed by atoms with Gasteiger partial charge < -0.3 is 24.1 Å². The molecule has 0 radical (unpaired) electrons. The molecule has 2 unspecified atom stereocenters. The van der Waals surface area contributed by atoms with Crippen LogP contribution < -0.4 is 14.2 Å². The van der Waals surface area contributed by atoms with E-state index in [2.05, 4.69) is 12.1 Å². The Morgan fingerprint density at radius 1 is 1.06 bits per heavy atom. The summed E-state index contributed by atoms with van der Waals surface area (Å²) in [5.41, 5.74) is 3.91. The Bertz CT molecular complexity index is 1170. The van der Waals surface area contributed by atoms with Gasteiger partial charge in [-0.2, -0.15) is 11.8 Å². The van der Waals surface area contributed by atoms with Crippen LogP contribution in [0.5, 0.6) is 23.0 Å². The minimum atomic E-state index is -0.386. The van der Waals surface area contributed by atoms with Crippen molar-refractivity contribution in [1.82, 2.24) is 0 Å². The second-order valence-corrected chi connectivity index (χ2v) is 9.55. The summed E-state index contributed by atoms with van der Waals surface area (Å²) in [6.45, 7) is 2.65. The standard InChI is InChI=1S/C28H30O6S/c1-18(19-8-10-24(31-2)23(29)15-19)14-28(30)34-26-16-20(9-11-25(26)32-3)21-6-4-5-7-22(21)27-17-35-13-12-33-27/h4-11,15-16,18,27,29H,12-14,17H2,1-3H3. The van der Waals surface area contributed by atoms with E-state index in [1.807, 2.05) is 55.1 Å². The maximum absolute atomic E-state index is 12.8. The quantitative estimate of drug-likeness (QED) is 0.305. The van der Waals surface area contributed by atoms with Gasteiger partial charge in [0.25, 0.3) is 0 Å². The van der Waals surface area contributed by atoms with Gasteiger partial charge in [0.2, 0.25) is 0 Å². The molecule has 1 fully saturated rings. The highest BCUT2D eigenvalue weighted by Gasteiger charge is 2.22. The summed E-state index contributed by atoms with van der Waals surface area (Å²) in [5, 5.41) is 10.1. The average molecular weight is 495 g/mol. The van der Waals surface area contributed by atoms with Gasteiger partial charge in [0, 0.05) is 11.5 Å². The van der Waals surface area contributed by atoms with Crippen LogP contribution in [-0.2, 0) is 9.53 Å². The van der Waals surface area contributed by atoms with E-state index >= 15 is 0 Å². The minimum absolute atomic E-state index is 0.0276. The zero-order chi connectivity index (χ0) is 24.8. The molecule has 35 heavy (non-hydrogen) atoms. The van der Waals surface area contributed by atoms with Crippen LogP contribution in [0.1, 0.15) is 36.5 Å². The number of aromatic hydroxyl groups is 1. The van der Waals surface area contributed by atoms with Crippen LogP contribution in [0.15, 0.2) is 60.7 Å². The molecule has 2 atom stereocenters. The van der Waals surface area contributed by atoms with E-state index in [1.54, 1.807) is 19.2 Å². The Hall–Kier alpha value is -3.16. The number of phenolic OH excluding ortho intramolecular Hbond substituents is 1. The third kappa shape index (κ3) is 5.92. The van der Waals surface area contributed by atoms with Crippen molar-refractivity contribution in [3.8, 4) is 34.1 Å². The van der Waals surface area contributed by atoms with Crippen molar-refractivity contribution in [3.05, 3.63) is 71.8 Å². The lowest BCUT2D eigenvalue weighted by Gasteiger charge is -2.25. The van der Waals surface area contributed by atoms with Gasteiger partial charge in [0.15, 0.2) is 23.0 Å². The Kier molecular flexibility index (Phi) is 8.21. The predicted octanol–water partition coefficient (Wildman–Crippen LogP) is 5.98. The normalized spacial score (nSPS) is 16.4. The van der Waals surface area contributed by atoms with Gasteiger partial charge in [-0.15, -0.1) is 0 Å². The molecule has 7 heteroatoms. The molecule has 0 saturated carbocycles. The van der Waals surface area contributed by atoms with E-state index in [0.717, 1.165) is 40.4 Å². The second-order valence-electron chi connectivity index (χ2n) is 8.40. The van der Waals surface area contributed by atoms with Crippen molar-refractivity contribution < 1.29 is 28.8 Å². The first-order valence-electron chi connectivity index (χ1n) is 11.5. The molecule has 3 aromatic rings. The number of benzene rings is 3. The fourth-order valence-corrected chi connectivity index (χ4v) is 5.05. The van der Waals surface area contributed by atoms with Crippen LogP contribution >= 0.6 is 11.8 Å². The van der Waals surface area contributed by atoms with Crippen LogP contribution in [0, 0.1) is 0 Å². The fraction of sp³-hybridized carbons (Fsp3) is 0.321. The SMILES string of the molecule is COc1ccc(C(C)CC(=O)Oc2cc(-c3ccccc3C3CSCCO3)ccc2OC)cc1O. The molecular formula is C28H30O6S. The average Bonchev–Trinajstić information content (AvgIpc) is 2.89. The molecule has 4 rings (SSSR count). The van der Waals surface area contributed by atoms with Crippen molar-refractivity contribution in [3.63, 3.8) is 0 Å². The summed E-state index contributed by atoms with van der Waals surface area (Å²) in [6.07, 6.45) is 0.169. The van der Waals surface area contributed by atoms with Crippen molar-refractivity contribution in [2.45, 2.75) is 25.4 Å². The molecule has 0 spiro atoms. The molecule has 1 heterocycles. The molecule has 0 amide bonds. The molecule has 0 bridgehead atoms. The lowest BCUT2D eigenvalue weighted by atomic mass is 9.96. The second kappa shape index (κ2) is 11.5. The number of rotatable bonds is 8. The highest BCUT2D eigenvalue weighted by Crippen LogP contribution is 2.38. The number of esters is 1. The number of ether oxygens (including phenoxy) is 4. The lowest BCUT2D eigenvalue weighted by molar-refractivity contribution is -0.134. The first-order chi connectivity index (χ1) is 17.0. The zero-order valence-electron chi connectivity index (χ0n) is 20.2. The maximum Gasteiger partial charge on any atom is 0.311 e. The Balaban J connectivity index is 1.54. The molecule has 184 valence electrons. The van der Waals surface area contributed by atoms with Crippen LogP contribution in [-0.4, -0.2) is 43.4 Å². The smallest absolute Gasteiger partial charge is 0.311 e. The van der Waals surface area contributed by atoms with Crippen LogP contribution in [0.4, 0.5) is 0 Å². The third-order valence-corrected chi connectivity index (χ3v) is 7.06. The highest BCUT2D eigenvalue weighted by atomic mass is 32.2. The van der Waals surface area contributed by atoms with Gasteiger partial charge in [-0.05, 0) is 52.4 Å². The van der Waals surface area contributed by atoms with Crippen LogP contribution in [0.25, 0.3) is 11.1 Å². The molecular weight excluding hydrogens is 464 g/mol. The summed E-state index contributed by atoms with van der Waals surface area (Å²) < 4.78 is 22.3. The van der Waals surface area contributed by atoms with Crippen molar-refractivity contribution in [2.24, 2.45) is 0 Å². The maximum atomic E-state index is 12.8. The first kappa shape index (κ1) is 24.9. The van der Waals surface area contributed by atoms with Gasteiger partial charge >= 0.3 is 5.97 Å². The number of thioether (sulfide) groups is 1. The molecule has 1 N–H and O–H groups in total. The van der Waals surface area contributed by atoms with E-state index in [-0.39, 0.29) is 30.2 Å². The number of carbonyl (C=O) groups excluding carboxylic acids is 1. The van der Waals surface area contributed by atoms with Gasteiger partial charge in [0.05, 0.1) is 33.4 Å². The Morgan fingerprint density at radius 3 is 2.54 bits per heavy atom. The monoisotopic (exact) mass is 494 g/mol. The van der Waals surface area contributed by atoms with E-state index in [1.165, 1.54) is 7.11 Å². The van der Waals surface area contributed by atoms with Crippen molar-refractivity contribution in [1.29, 1.82) is 0 Å². The zero-order valence-corrected chi connectivity index (χ0v) is 21.0. The number of hydrogen-bond acceptors (Lipinski definition) is 7. The molecule has 3 aromatic carbocycles. The number of phenols is 1. The topological polar surface area (TPSA) is 74.2 Å². The summed E-state index contributed by atoms with van der Waals surface area (Å²) in [4.78, 5) is 12.8. The number of hydrogen-bond donors (Lipinski definition) is 1. The number of methoxy groups -OCH3 is 2. The van der Waals surface area contributed by atoms with Crippen LogP contribution in [0.3, 0.4) is 0 Å². The van der Waals surface area contributed by atoms with Gasteiger partial charge in [-0.25, -0.2) is 0 Å². The Morgan fingerprint density at radius 2 is 1.83 bits per heavy atom. The first-order valence-corrected chi connectivity index (χ1v) is 12.7. The van der Waals surface area contributed by atoms with Crippen LogP contribution in [0.2, 0.25) is 0 Å².